The number of unbranched alkanes of at least 4 members (excludes halogenated alkanes) is 14. The summed E-state index contributed by atoms with van der Waals surface area (Å²) < 4.78 is 1.95. The summed E-state index contributed by atoms with van der Waals surface area (Å²) in [5.74, 6) is -0.817. The van der Waals surface area contributed by atoms with Gasteiger partial charge in [-0.15, -0.1) is 0 Å². The summed E-state index contributed by atoms with van der Waals surface area (Å²) in [4.78, 5) is 11.3. The number of carboxylic acids is 1. The standard InChI is InChI=1S/C24H41NO2/c1-3-4-5-6-7-8-9-10-11-12-13-14-15-16-17-20-23-22(24(26)27)19-18-21-25(23)2/h18-19,21H,3-17,20H2,1-2H3/p+1. The minimum absolute atomic E-state index is 0.449. The Hall–Kier alpha value is -1.38. The van der Waals surface area contributed by atoms with Gasteiger partial charge in [0.1, 0.15) is 12.6 Å². The van der Waals surface area contributed by atoms with E-state index < -0.39 is 5.97 Å². The van der Waals surface area contributed by atoms with Crippen molar-refractivity contribution in [1.29, 1.82) is 0 Å². The van der Waals surface area contributed by atoms with E-state index in [0.29, 0.717) is 5.56 Å². The number of aromatic carboxylic acids is 1. The fourth-order valence-corrected chi connectivity index (χ4v) is 3.81. The van der Waals surface area contributed by atoms with Crippen molar-refractivity contribution in [1.82, 2.24) is 0 Å². The molecule has 0 aliphatic rings. The molecule has 27 heavy (non-hydrogen) atoms. The number of aromatic nitrogens is 1. The van der Waals surface area contributed by atoms with E-state index in [0.717, 1.165) is 18.5 Å². The maximum Gasteiger partial charge on any atom is 0.342 e. The Labute approximate surface area is 167 Å². The summed E-state index contributed by atoms with van der Waals surface area (Å²) in [5.41, 5.74) is 1.39. The van der Waals surface area contributed by atoms with Crippen molar-refractivity contribution in [2.24, 2.45) is 7.05 Å². The number of hydrogen-bond acceptors (Lipinski definition) is 1. The van der Waals surface area contributed by atoms with Crippen LogP contribution in [0.5, 0.6) is 0 Å². The first-order chi connectivity index (χ1) is 13.2. The van der Waals surface area contributed by atoms with Crippen LogP contribution in [0.1, 0.15) is 119 Å². The molecule has 0 aromatic carbocycles. The third kappa shape index (κ3) is 11.1. The summed E-state index contributed by atoms with van der Waals surface area (Å²) in [6, 6.07) is 3.52. The van der Waals surface area contributed by atoms with Gasteiger partial charge in [-0.3, -0.25) is 0 Å². The van der Waals surface area contributed by atoms with Gasteiger partial charge in [0, 0.05) is 12.5 Å². The van der Waals surface area contributed by atoms with Crippen LogP contribution in [-0.4, -0.2) is 11.1 Å². The molecule has 0 fully saturated rings. The Bertz CT molecular complexity index is 513. The average molecular weight is 377 g/mol. The second-order valence-corrected chi connectivity index (χ2v) is 7.98. The maximum absolute atomic E-state index is 11.3. The molecule has 0 aliphatic heterocycles. The van der Waals surface area contributed by atoms with Gasteiger partial charge >= 0.3 is 5.97 Å². The predicted molar refractivity (Wildman–Crippen MR) is 113 cm³/mol. The minimum Gasteiger partial charge on any atom is -0.477 e. The van der Waals surface area contributed by atoms with Crippen molar-refractivity contribution in [2.45, 2.75) is 110 Å². The van der Waals surface area contributed by atoms with Crippen LogP contribution in [-0.2, 0) is 13.5 Å². The first kappa shape index (κ1) is 23.7. The molecular weight excluding hydrogens is 334 g/mol. The zero-order valence-corrected chi connectivity index (χ0v) is 17.8. The molecule has 1 N–H and O–H groups in total. The van der Waals surface area contributed by atoms with Gasteiger partial charge in [-0.05, 0) is 12.5 Å². The predicted octanol–water partition coefficient (Wildman–Crippen LogP) is 6.62. The van der Waals surface area contributed by atoms with Gasteiger partial charge < -0.3 is 5.11 Å². The minimum atomic E-state index is -0.817. The lowest BCUT2D eigenvalue weighted by molar-refractivity contribution is -0.679. The van der Waals surface area contributed by atoms with E-state index in [1.807, 2.05) is 17.8 Å². The molecule has 0 bridgehead atoms. The number of carboxylic acid groups (broad SMARTS) is 1. The van der Waals surface area contributed by atoms with Crippen LogP contribution in [0.2, 0.25) is 0 Å². The van der Waals surface area contributed by atoms with E-state index in [9.17, 15) is 9.90 Å². The lowest BCUT2D eigenvalue weighted by Crippen LogP contribution is -2.35. The van der Waals surface area contributed by atoms with Gasteiger partial charge in [0.25, 0.3) is 0 Å². The first-order valence-electron chi connectivity index (χ1n) is 11.4. The molecule has 1 rings (SSSR count). The molecule has 1 aromatic rings. The van der Waals surface area contributed by atoms with E-state index in [1.54, 1.807) is 12.1 Å². The van der Waals surface area contributed by atoms with Crippen molar-refractivity contribution in [2.75, 3.05) is 0 Å². The zero-order valence-electron chi connectivity index (χ0n) is 17.8. The first-order valence-corrected chi connectivity index (χ1v) is 11.4. The SMILES string of the molecule is CCCCCCCCCCCCCCCCCc1c(C(=O)O)ccc[n+]1C. The van der Waals surface area contributed by atoms with Gasteiger partial charge in [-0.2, -0.15) is 0 Å². The molecule has 0 radical (unpaired) electrons. The Morgan fingerprint density at radius 1 is 0.815 bits per heavy atom. The molecule has 154 valence electrons. The molecule has 3 nitrogen and oxygen atoms in total. The molecule has 0 amide bonds. The third-order valence-corrected chi connectivity index (χ3v) is 5.56. The summed E-state index contributed by atoms with van der Waals surface area (Å²) in [6.45, 7) is 2.28. The van der Waals surface area contributed by atoms with Crippen LogP contribution < -0.4 is 4.57 Å². The van der Waals surface area contributed by atoms with E-state index in [-0.39, 0.29) is 0 Å². The fourth-order valence-electron chi connectivity index (χ4n) is 3.81. The lowest BCUT2D eigenvalue weighted by Gasteiger charge is -2.05. The van der Waals surface area contributed by atoms with Crippen molar-refractivity contribution in [3.63, 3.8) is 0 Å². The molecule has 0 unspecified atom stereocenters. The molecule has 0 atom stereocenters. The lowest BCUT2D eigenvalue weighted by atomic mass is 10.0. The molecule has 3 heteroatoms. The Morgan fingerprint density at radius 3 is 1.70 bits per heavy atom. The van der Waals surface area contributed by atoms with Gasteiger partial charge in [0.05, 0.1) is 0 Å². The van der Waals surface area contributed by atoms with Gasteiger partial charge in [-0.25, -0.2) is 9.36 Å². The van der Waals surface area contributed by atoms with E-state index in [1.165, 1.54) is 89.9 Å². The number of nitrogens with zero attached hydrogens (tertiary/aromatic N) is 1. The van der Waals surface area contributed by atoms with Crippen LogP contribution in [0.3, 0.4) is 0 Å². The van der Waals surface area contributed by atoms with E-state index in [2.05, 4.69) is 6.92 Å². The highest BCUT2D eigenvalue weighted by molar-refractivity contribution is 5.88. The maximum atomic E-state index is 11.3. The Kier molecular flexibility index (Phi) is 13.7. The van der Waals surface area contributed by atoms with Gasteiger partial charge in [0.15, 0.2) is 11.9 Å². The second-order valence-electron chi connectivity index (χ2n) is 7.98. The zero-order chi connectivity index (χ0) is 19.7. The third-order valence-electron chi connectivity index (χ3n) is 5.56. The van der Waals surface area contributed by atoms with Crippen LogP contribution in [0.15, 0.2) is 18.3 Å². The van der Waals surface area contributed by atoms with Gasteiger partial charge in [0.2, 0.25) is 0 Å². The second kappa shape index (κ2) is 15.7. The molecule has 0 saturated heterocycles. The molecule has 1 heterocycles. The largest absolute Gasteiger partial charge is 0.477 e. The molecule has 0 spiro atoms. The summed E-state index contributed by atoms with van der Waals surface area (Å²) in [7, 11) is 1.94. The number of pyridine rings is 1. The monoisotopic (exact) mass is 376 g/mol. The molecule has 1 aromatic heterocycles. The van der Waals surface area contributed by atoms with Crippen LogP contribution in [0.25, 0.3) is 0 Å². The Balaban J connectivity index is 1.95. The van der Waals surface area contributed by atoms with E-state index in [4.69, 9.17) is 0 Å². The Morgan fingerprint density at radius 2 is 1.26 bits per heavy atom. The highest BCUT2D eigenvalue weighted by Gasteiger charge is 2.17. The summed E-state index contributed by atoms with van der Waals surface area (Å²) in [6.07, 6.45) is 23.1. The number of hydrogen-bond donors (Lipinski definition) is 1. The van der Waals surface area contributed by atoms with Crippen LogP contribution >= 0.6 is 0 Å². The van der Waals surface area contributed by atoms with Crippen LogP contribution in [0, 0.1) is 0 Å². The molecule has 0 aliphatic carbocycles. The summed E-state index contributed by atoms with van der Waals surface area (Å²) in [5, 5.41) is 9.30. The topological polar surface area (TPSA) is 41.2 Å². The smallest absolute Gasteiger partial charge is 0.342 e. The van der Waals surface area contributed by atoms with Crippen molar-refractivity contribution in [3.05, 3.63) is 29.6 Å². The van der Waals surface area contributed by atoms with Crippen molar-refractivity contribution >= 4 is 5.97 Å². The molecule has 0 saturated carbocycles. The van der Waals surface area contributed by atoms with Gasteiger partial charge in [-0.1, -0.05) is 96.8 Å². The number of rotatable bonds is 17. The average Bonchev–Trinajstić information content (AvgIpc) is 2.65. The van der Waals surface area contributed by atoms with Crippen molar-refractivity contribution in [3.8, 4) is 0 Å². The highest BCUT2D eigenvalue weighted by Crippen LogP contribution is 2.14. The normalized spacial score (nSPS) is 11.0. The highest BCUT2D eigenvalue weighted by atomic mass is 16.4. The number of carbonyl (C=O) groups is 1. The summed E-state index contributed by atoms with van der Waals surface area (Å²) >= 11 is 0. The van der Waals surface area contributed by atoms with Crippen LogP contribution in [0.4, 0.5) is 0 Å². The van der Waals surface area contributed by atoms with Crippen molar-refractivity contribution < 1.29 is 14.5 Å². The number of aryl methyl sites for hydroxylation is 1. The van der Waals surface area contributed by atoms with E-state index >= 15 is 0 Å². The fraction of sp³-hybridized carbons (Fsp3) is 0.750. The molecular formula is C24H42NO2+. The quantitative estimate of drug-likeness (QED) is 0.245.